The van der Waals surface area contributed by atoms with E-state index in [2.05, 4.69) is 17.2 Å². The van der Waals surface area contributed by atoms with E-state index in [1.165, 1.54) is 0 Å². The number of ether oxygens (including phenoxy) is 2. The van der Waals surface area contributed by atoms with Crippen LogP contribution in [0.5, 0.6) is 11.5 Å². The topological polar surface area (TPSA) is 48.3 Å². The van der Waals surface area contributed by atoms with E-state index in [4.69, 9.17) is 9.47 Å². The highest BCUT2D eigenvalue weighted by atomic mass is 16.5. The van der Waals surface area contributed by atoms with E-state index in [-0.39, 0.29) is 6.04 Å². The van der Waals surface area contributed by atoms with Crippen LogP contribution in [0.3, 0.4) is 0 Å². The lowest BCUT2D eigenvalue weighted by molar-refractivity contribution is 0.392. The minimum atomic E-state index is 0.0187. The van der Waals surface area contributed by atoms with E-state index in [0.717, 1.165) is 29.3 Å². The van der Waals surface area contributed by atoms with E-state index < -0.39 is 0 Å². The number of aromatic nitrogens is 2. The van der Waals surface area contributed by atoms with E-state index in [9.17, 15) is 0 Å². The van der Waals surface area contributed by atoms with Crippen LogP contribution < -0.4 is 14.8 Å². The van der Waals surface area contributed by atoms with Crippen molar-refractivity contribution in [2.24, 2.45) is 7.05 Å². The average molecular weight is 275 g/mol. The van der Waals surface area contributed by atoms with Gasteiger partial charge < -0.3 is 19.4 Å². The summed E-state index contributed by atoms with van der Waals surface area (Å²) in [5, 5.41) is 3.44. The van der Waals surface area contributed by atoms with Crippen LogP contribution >= 0.6 is 0 Å². The first-order valence-electron chi connectivity index (χ1n) is 6.62. The Morgan fingerprint density at radius 2 is 1.85 bits per heavy atom. The number of imidazole rings is 1. The van der Waals surface area contributed by atoms with Gasteiger partial charge >= 0.3 is 0 Å². The van der Waals surface area contributed by atoms with Gasteiger partial charge in [0.25, 0.3) is 0 Å². The third-order valence-electron chi connectivity index (χ3n) is 3.14. The molecule has 1 aromatic heterocycles. The lowest BCUT2D eigenvalue weighted by Gasteiger charge is -2.18. The number of nitrogens with one attached hydrogen (secondary N) is 1. The summed E-state index contributed by atoms with van der Waals surface area (Å²) < 4.78 is 12.6. The Labute approximate surface area is 119 Å². The molecular weight excluding hydrogens is 254 g/mol. The van der Waals surface area contributed by atoms with Crippen molar-refractivity contribution in [2.45, 2.75) is 13.0 Å². The molecule has 1 atom stereocenters. The first-order valence-corrected chi connectivity index (χ1v) is 6.62. The Hall–Kier alpha value is -2.01. The molecule has 108 valence electrons. The first kappa shape index (κ1) is 14.4. The van der Waals surface area contributed by atoms with Crippen LogP contribution in [0.15, 0.2) is 30.7 Å². The van der Waals surface area contributed by atoms with Crippen molar-refractivity contribution >= 4 is 0 Å². The normalized spacial score (nSPS) is 12.2. The smallest absolute Gasteiger partial charge is 0.122 e. The molecule has 0 spiro atoms. The molecule has 0 aliphatic heterocycles. The predicted octanol–water partition coefficient (Wildman–Crippen LogP) is 2.14. The maximum atomic E-state index is 5.33. The maximum Gasteiger partial charge on any atom is 0.122 e. The van der Waals surface area contributed by atoms with Gasteiger partial charge in [0.05, 0.1) is 32.3 Å². The Morgan fingerprint density at radius 3 is 2.30 bits per heavy atom. The molecule has 0 radical (unpaired) electrons. The highest BCUT2D eigenvalue weighted by molar-refractivity contribution is 5.42. The number of methoxy groups -OCH3 is 2. The Kier molecular flexibility index (Phi) is 4.63. The first-order chi connectivity index (χ1) is 9.67. The Bertz CT molecular complexity index is 544. The SMILES string of the molecule is CCNC(c1cc(OC)cc(OC)c1)c1cn(C)cn1. The molecule has 1 unspecified atom stereocenters. The van der Waals surface area contributed by atoms with Crippen LogP contribution in [0.4, 0.5) is 0 Å². The summed E-state index contributed by atoms with van der Waals surface area (Å²) in [4.78, 5) is 4.44. The van der Waals surface area contributed by atoms with Gasteiger partial charge in [0, 0.05) is 19.3 Å². The van der Waals surface area contributed by atoms with Crippen LogP contribution in [0.2, 0.25) is 0 Å². The van der Waals surface area contributed by atoms with Crippen LogP contribution in [0.25, 0.3) is 0 Å². The van der Waals surface area contributed by atoms with Gasteiger partial charge in [-0.15, -0.1) is 0 Å². The Balaban J connectivity index is 2.42. The van der Waals surface area contributed by atoms with Crippen molar-refractivity contribution in [2.75, 3.05) is 20.8 Å². The summed E-state index contributed by atoms with van der Waals surface area (Å²) in [6.45, 7) is 2.92. The molecule has 5 nitrogen and oxygen atoms in total. The molecule has 2 rings (SSSR count). The van der Waals surface area contributed by atoms with Crippen LogP contribution in [-0.4, -0.2) is 30.3 Å². The second-order valence-corrected chi connectivity index (χ2v) is 4.60. The van der Waals surface area contributed by atoms with Gasteiger partial charge in [0.2, 0.25) is 0 Å². The number of benzene rings is 1. The van der Waals surface area contributed by atoms with Crippen molar-refractivity contribution < 1.29 is 9.47 Å². The number of nitrogens with zero attached hydrogens (tertiary/aromatic N) is 2. The highest BCUT2D eigenvalue weighted by Crippen LogP contribution is 2.29. The lowest BCUT2D eigenvalue weighted by Crippen LogP contribution is -2.22. The molecule has 0 bridgehead atoms. The van der Waals surface area contributed by atoms with Crippen molar-refractivity contribution in [3.05, 3.63) is 42.0 Å². The fourth-order valence-electron chi connectivity index (χ4n) is 2.18. The van der Waals surface area contributed by atoms with Crippen LogP contribution in [0, 0.1) is 0 Å². The molecule has 2 aromatic rings. The Morgan fingerprint density at radius 1 is 1.20 bits per heavy atom. The average Bonchev–Trinajstić information content (AvgIpc) is 2.90. The van der Waals surface area contributed by atoms with Crippen LogP contribution in [-0.2, 0) is 7.05 Å². The van der Waals surface area contributed by atoms with Crippen molar-refractivity contribution in [3.63, 3.8) is 0 Å². The fraction of sp³-hybridized carbons (Fsp3) is 0.400. The van der Waals surface area contributed by atoms with Crippen LogP contribution in [0.1, 0.15) is 24.2 Å². The molecular formula is C15H21N3O2. The summed E-state index contributed by atoms with van der Waals surface area (Å²) in [6, 6.07) is 5.89. The molecule has 0 saturated carbocycles. The number of hydrogen-bond donors (Lipinski definition) is 1. The molecule has 20 heavy (non-hydrogen) atoms. The van der Waals surface area contributed by atoms with Gasteiger partial charge in [-0.25, -0.2) is 4.98 Å². The summed E-state index contributed by atoms with van der Waals surface area (Å²) in [5.74, 6) is 1.55. The van der Waals surface area contributed by atoms with Gasteiger partial charge in [0.1, 0.15) is 11.5 Å². The van der Waals surface area contributed by atoms with E-state index in [0.29, 0.717) is 0 Å². The van der Waals surface area contributed by atoms with Gasteiger partial charge in [0.15, 0.2) is 0 Å². The molecule has 0 saturated heterocycles. The van der Waals surface area contributed by atoms with E-state index >= 15 is 0 Å². The third-order valence-corrected chi connectivity index (χ3v) is 3.14. The zero-order chi connectivity index (χ0) is 14.5. The lowest BCUT2D eigenvalue weighted by atomic mass is 10.0. The zero-order valence-corrected chi connectivity index (χ0v) is 12.4. The molecule has 5 heteroatoms. The predicted molar refractivity (Wildman–Crippen MR) is 78.3 cm³/mol. The number of rotatable bonds is 6. The number of aryl methyl sites for hydroxylation is 1. The minimum Gasteiger partial charge on any atom is -0.497 e. The molecule has 1 N–H and O–H groups in total. The quantitative estimate of drug-likeness (QED) is 0.877. The molecule has 0 fully saturated rings. The molecule has 0 amide bonds. The van der Waals surface area contributed by atoms with Gasteiger partial charge in [-0.1, -0.05) is 6.92 Å². The second-order valence-electron chi connectivity index (χ2n) is 4.60. The fourth-order valence-corrected chi connectivity index (χ4v) is 2.18. The monoisotopic (exact) mass is 275 g/mol. The number of hydrogen-bond acceptors (Lipinski definition) is 4. The molecule has 1 aromatic carbocycles. The van der Waals surface area contributed by atoms with Crippen molar-refractivity contribution in [3.8, 4) is 11.5 Å². The standard InChI is InChI=1S/C15H21N3O2/c1-5-16-15(14-9-18(2)10-17-14)11-6-12(19-3)8-13(7-11)20-4/h6-10,15-16H,5H2,1-4H3. The largest absolute Gasteiger partial charge is 0.497 e. The van der Waals surface area contributed by atoms with E-state index in [1.54, 1.807) is 20.5 Å². The van der Waals surface area contributed by atoms with Gasteiger partial charge in [-0.2, -0.15) is 0 Å². The highest BCUT2D eigenvalue weighted by Gasteiger charge is 2.17. The second kappa shape index (κ2) is 6.43. The van der Waals surface area contributed by atoms with Gasteiger partial charge in [-0.05, 0) is 24.2 Å². The summed E-state index contributed by atoms with van der Waals surface area (Å²) in [5.41, 5.74) is 2.05. The maximum absolute atomic E-state index is 5.33. The summed E-state index contributed by atoms with van der Waals surface area (Å²) in [6.07, 6.45) is 3.82. The van der Waals surface area contributed by atoms with Crippen molar-refractivity contribution in [1.29, 1.82) is 0 Å². The van der Waals surface area contributed by atoms with E-state index in [1.807, 2.05) is 36.0 Å². The van der Waals surface area contributed by atoms with Crippen molar-refractivity contribution in [1.82, 2.24) is 14.9 Å². The summed E-state index contributed by atoms with van der Waals surface area (Å²) in [7, 11) is 5.27. The molecule has 0 aliphatic rings. The minimum absolute atomic E-state index is 0.0187. The molecule has 1 heterocycles. The van der Waals surface area contributed by atoms with Gasteiger partial charge in [-0.3, -0.25) is 0 Å². The molecule has 0 aliphatic carbocycles. The third kappa shape index (κ3) is 3.11. The summed E-state index contributed by atoms with van der Waals surface area (Å²) >= 11 is 0. The zero-order valence-electron chi connectivity index (χ0n) is 12.4.